The Kier molecular flexibility index (Phi) is 3.86. The van der Waals surface area contributed by atoms with Gasteiger partial charge in [-0.2, -0.15) is 0 Å². The summed E-state index contributed by atoms with van der Waals surface area (Å²) in [6, 6.07) is 12.5. The molecule has 3 heteroatoms. The highest BCUT2D eigenvalue weighted by atomic mass is 35.5. The molecule has 0 aliphatic carbocycles. The Hall–Kier alpha value is -0.990. The van der Waals surface area contributed by atoms with Gasteiger partial charge < -0.3 is 4.90 Å². The number of anilines is 1. The average Bonchev–Trinajstić information content (AvgIpc) is 2.81. The van der Waals surface area contributed by atoms with Crippen LogP contribution in [0.15, 0.2) is 41.8 Å². The molecule has 0 bridgehead atoms. The molecule has 0 amide bonds. The lowest BCUT2D eigenvalue weighted by molar-refractivity contribution is 0.932. The molecular formula is C13H14ClNS. The molecule has 0 spiro atoms. The minimum absolute atomic E-state index is 0.560. The van der Waals surface area contributed by atoms with Crippen molar-refractivity contribution in [3.05, 3.63) is 52.2 Å². The van der Waals surface area contributed by atoms with E-state index in [1.807, 2.05) is 6.07 Å². The topological polar surface area (TPSA) is 3.24 Å². The fraction of sp³-hybridized carbons (Fsp3) is 0.231. The Morgan fingerprint density at radius 3 is 2.69 bits per heavy atom. The summed E-state index contributed by atoms with van der Waals surface area (Å²) in [5.41, 5.74) is 2.40. The first-order valence-electron chi connectivity index (χ1n) is 5.18. The molecule has 2 aromatic rings. The van der Waals surface area contributed by atoms with Crippen LogP contribution in [0.3, 0.4) is 0 Å². The van der Waals surface area contributed by atoms with Crippen molar-refractivity contribution < 1.29 is 0 Å². The van der Waals surface area contributed by atoms with Crippen LogP contribution in [0.1, 0.15) is 10.4 Å². The van der Waals surface area contributed by atoms with Crippen LogP contribution in [0.25, 0.3) is 0 Å². The van der Waals surface area contributed by atoms with Gasteiger partial charge in [0, 0.05) is 23.5 Å². The molecule has 2 rings (SSSR count). The van der Waals surface area contributed by atoms with Crippen LogP contribution in [-0.4, -0.2) is 7.05 Å². The van der Waals surface area contributed by atoms with Crippen LogP contribution in [0, 0.1) is 0 Å². The molecule has 0 aliphatic heterocycles. The molecule has 0 aliphatic rings. The van der Waals surface area contributed by atoms with Crippen LogP contribution in [0.2, 0.25) is 0 Å². The maximum absolute atomic E-state index is 5.93. The summed E-state index contributed by atoms with van der Waals surface area (Å²) in [6.07, 6.45) is 0. The van der Waals surface area contributed by atoms with Crippen molar-refractivity contribution in [1.82, 2.24) is 0 Å². The zero-order chi connectivity index (χ0) is 11.4. The van der Waals surface area contributed by atoms with Crippen LogP contribution >= 0.6 is 22.9 Å². The quantitative estimate of drug-likeness (QED) is 0.739. The minimum Gasteiger partial charge on any atom is -0.369 e. The van der Waals surface area contributed by atoms with Crippen molar-refractivity contribution in [2.45, 2.75) is 12.4 Å². The first-order valence-corrected chi connectivity index (χ1v) is 6.60. The molecule has 0 saturated heterocycles. The van der Waals surface area contributed by atoms with Crippen molar-refractivity contribution in [2.75, 3.05) is 11.9 Å². The standard InChI is InChI=1S/C13H14ClNS/c1-15(10-12-6-4-8-16-12)13-7-3-2-5-11(13)9-14/h2-8H,9-10H2,1H3. The van der Waals surface area contributed by atoms with E-state index in [0.717, 1.165) is 6.54 Å². The lowest BCUT2D eigenvalue weighted by Gasteiger charge is -2.21. The molecule has 1 aromatic carbocycles. The third kappa shape index (κ3) is 2.57. The summed E-state index contributed by atoms with van der Waals surface area (Å²) in [4.78, 5) is 3.61. The monoisotopic (exact) mass is 251 g/mol. The van der Waals surface area contributed by atoms with Gasteiger partial charge in [0.15, 0.2) is 0 Å². The van der Waals surface area contributed by atoms with Gasteiger partial charge in [0.25, 0.3) is 0 Å². The molecule has 0 saturated carbocycles. The predicted molar refractivity (Wildman–Crippen MR) is 72.4 cm³/mol. The second-order valence-corrected chi connectivity index (χ2v) is 5.00. The zero-order valence-electron chi connectivity index (χ0n) is 9.19. The second kappa shape index (κ2) is 5.37. The van der Waals surface area contributed by atoms with E-state index in [4.69, 9.17) is 11.6 Å². The van der Waals surface area contributed by atoms with E-state index in [1.165, 1.54) is 16.1 Å². The Bertz CT molecular complexity index is 439. The van der Waals surface area contributed by atoms with Gasteiger partial charge in [-0.15, -0.1) is 22.9 Å². The Morgan fingerprint density at radius 1 is 1.19 bits per heavy atom. The number of nitrogens with zero attached hydrogens (tertiary/aromatic N) is 1. The maximum Gasteiger partial charge on any atom is 0.0519 e. The van der Waals surface area contributed by atoms with E-state index in [0.29, 0.717) is 5.88 Å². The fourth-order valence-corrected chi connectivity index (χ4v) is 2.70. The first kappa shape index (κ1) is 11.5. The number of halogens is 1. The SMILES string of the molecule is CN(Cc1cccs1)c1ccccc1CCl. The number of benzene rings is 1. The van der Waals surface area contributed by atoms with Crippen molar-refractivity contribution in [2.24, 2.45) is 0 Å². The average molecular weight is 252 g/mol. The van der Waals surface area contributed by atoms with Gasteiger partial charge in [-0.25, -0.2) is 0 Å². The Balaban J connectivity index is 2.17. The van der Waals surface area contributed by atoms with Crippen LogP contribution in [0.4, 0.5) is 5.69 Å². The lowest BCUT2D eigenvalue weighted by atomic mass is 10.2. The largest absolute Gasteiger partial charge is 0.369 e. The molecule has 0 radical (unpaired) electrons. The van der Waals surface area contributed by atoms with Gasteiger partial charge in [0.05, 0.1) is 6.54 Å². The number of alkyl halides is 1. The minimum atomic E-state index is 0.560. The molecule has 0 N–H and O–H groups in total. The summed E-state index contributed by atoms with van der Waals surface area (Å²) in [5.74, 6) is 0.560. The molecule has 0 unspecified atom stereocenters. The zero-order valence-corrected chi connectivity index (χ0v) is 10.8. The Morgan fingerprint density at radius 2 is 2.00 bits per heavy atom. The summed E-state index contributed by atoms with van der Waals surface area (Å²) in [5, 5.41) is 2.11. The van der Waals surface area contributed by atoms with Gasteiger partial charge in [-0.3, -0.25) is 0 Å². The second-order valence-electron chi connectivity index (χ2n) is 3.70. The van der Waals surface area contributed by atoms with E-state index in [9.17, 15) is 0 Å². The fourth-order valence-electron chi connectivity index (χ4n) is 1.72. The number of hydrogen-bond acceptors (Lipinski definition) is 2. The number of para-hydroxylation sites is 1. The van der Waals surface area contributed by atoms with Gasteiger partial charge in [0.2, 0.25) is 0 Å². The molecule has 1 heterocycles. The maximum atomic E-state index is 5.93. The summed E-state index contributed by atoms with van der Waals surface area (Å²) < 4.78 is 0. The van der Waals surface area contributed by atoms with Crippen LogP contribution in [-0.2, 0) is 12.4 Å². The van der Waals surface area contributed by atoms with Gasteiger partial charge in [-0.1, -0.05) is 24.3 Å². The van der Waals surface area contributed by atoms with E-state index in [2.05, 4.69) is 47.7 Å². The lowest BCUT2D eigenvalue weighted by Crippen LogP contribution is -2.16. The van der Waals surface area contributed by atoms with E-state index in [-0.39, 0.29) is 0 Å². The summed E-state index contributed by atoms with van der Waals surface area (Å²) in [7, 11) is 2.10. The molecule has 84 valence electrons. The van der Waals surface area contributed by atoms with Crippen molar-refractivity contribution in [3.63, 3.8) is 0 Å². The van der Waals surface area contributed by atoms with E-state index < -0.39 is 0 Å². The van der Waals surface area contributed by atoms with Crippen LogP contribution < -0.4 is 4.90 Å². The third-order valence-corrected chi connectivity index (χ3v) is 3.67. The van der Waals surface area contributed by atoms with Crippen LogP contribution in [0.5, 0.6) is 0 Å². The predicted octanol–water partition coefficient (Wildman–Crippen LogP) is 4.12. The van der Waals surface area contributed by atoms with Gasteiger partial charge in [0.1, 0.15) is 0 Å². The molecular weight excluding hydrogens is 238 g/mol. The third-order valence-electron chi connectivity index (χ3n) is 2.52. The number of hydrogen-bond donors (Lipinski definition) is 0. The van der Waals surface area contributed by atoms with Gasteiger partial charge >= 0.3 is 0 Å². The number of rotatable bonds is 4. The van der Waals surface area contributed by atoms with Gasteiger partial charge in [-0.05, 0) is 23.1 Å². The molecule has 0 atom stereocenters. The van der Waals surface area contributed by atoms with E-state index in [1.54, 1.807) is 11.3 Å². The summed E-state index contributed by atoms with van der Waals surface area (Å²) >= 11 is 7.72. The molecule has 0 fully saturated rings. The van der Waals surface area contributed by atoms with Crippen molar-refractivity contribution >= 4 is 28.6 Å². The highest BCUT2D eigenvalue weighted by Gasteiger charge is 2.06. The molecule has 1 aromatic heterocycles. The first-order chi connectivity index (χ1) is 7.81. The number of thiophene rings is 1. The highest BCUT2D eigenvalue weighted by Crippen LogP contribution is 2.23. The van der Waals surface area contributed by atoms with Crippen molar-refractivity contribution in [1.29, 1.82) is 0 Å². The van der Waals surface area contributed by atoms with E-state index >= 15 is 0 Å². The smallest absolute Gasteiger partial charge is 0.0519 e. The van der Waals surface area contributed by atoms with Crippen molar-refractivity contribution in [3.8, 4) is 0 Å². The Labute approximate surface area is 105 Å². The normalized spacial score (nSPS) is 10.4. The summed E-state index contributed by atoms with van der Waals surface area (Å²) in [6.45, 7) is 0.936. The highest BCUT2D eigenvalue weighted by molar-refractivity contribution is 7.09. The molecule has 16 heavy (non-hydrogen) atoms. The molecule has 1 nitrogen and oxygen atoms in total.